The first-order valence-corrected chi connectivity index (χ1v) is 6.68. The van der Waals surface area contributed by atoms with Crippen LogP contribution in [0.25, 0.3) is 0 Å². The first-order chi connectivity index (χ1) is 7.66. The van der Waals surface area contributed by atoms with Gasteiger partial charge in [-0.3, -0.25) is 0 Å². The van der Waals surface area contributed by atoms with Crippen molar-refractivity contribution in [3.05, 3.63) is 21.6 Å². The van der Waals surface area contributed by atoms with Crippen molar-refractivity contribution >= 4 is 33.7 Å². The van der Waals surface area contributed by atoms with Crippen LogP contribution in [0.1, 0.15) is 16.3 Å². The number of hydrogen-bond donors (Lipinski definition) is 2. The molecule has 0 fully saturated rings. The Kier molecular flexibility index (Phi) is 3.40. The van der Waals surface area contributed by atoms with Crippen molar-refractivity contribution in [1.29, 1.82) is 0 Å². The Morgan fingerprint density at radius 3 is 2.81 bits per heavy atom. The molecule has 0 atom stereocenters. The summed E-state index contributed by atoms with van der Waals surface area (Å²) in [5.41, 5.74) is 7.86. The van der Waals surface area contributed by atoms with E-state index in [0.29, 0.717) is 5.82 Å². The van der Waals surface area contributed by atoms with Crippen molar-refractivity contribution in [2.24, 2.45) is 0 Å². The van der Waals surface area contributed by atoms with Gasteiger partial charge in [-0.2, -0.15) is 4.37 Å². The minimum Gasteiger partial charge on any atom is -0.383 e. The predicted octanol–water partition coefficient (Wildman–Crippen LogP) is 2.45. The number of hydrogen-bond acceptors (Lipinski definition) is 6. The van der Waals surface area contributed by atoms with Crippen molar-refractivity contribution < 1.29 is 0 Å². The topological polar surface area (TPSA) is 63.8 Å². The molecule has 2 rings (SSSR count). The van der Waals surface area contributed by atoms with Gasteiger partial charge in [0, 0.05) is 23.9 Å². The SMILES string of the molecule is Cc1nc(CCNc2snc(N)c2C)cs1. The summed E-state index contributed by atoms with van der Waals surface area (Å²) in [7, 11) is 0. The lowest BCUT2D eigenvalue weighted by Gasteiger charge is -2.02. The highest BCUT2D eigenvalue weighted by Crippen LogP contribution is 2.25. The summed E-state index contributed by atoms with van der Waals surface area (Å²) >= 11 is 3.10. The molecule has 0 saturated carbocycles. The van der Waals surface area contributed by atoms with Crippen LogP contribution in [0.2, 0.25) is 0 Å². The second kappa shape index (κ2) is 4.80. The zero-order chi connectivity index (χ0) is 11.5. The number of thiazole rings is 1. The van der Waals surface area contributed by atoms with Gasteiger partial charge in [-0.05, 0) is 25.4 Å². The summed E-state index contributed by atoms with van der Waals surface area (Å²) in [6, 6.07) is 0. The molecule has 0 aliphatic carbocycles. The minimum atomic E-state index is 0.622. The molecule has 86 valence electrons. The molecule has 0 radical (unpaired) electrons. The van der Waals surface area contributed by atoms with E-state index in [1.54, 1.807) is 11.3 Å². The number of nitrogen functional groups attached to an aromatic ring is 1. The Bertz CT molecular complexity index is 475. The molecule has 2 aromatic rings. The van der Waals surface area contributed by atoms with Crippen LogP contribution in [0.3, 0.4) is 0 Å². The van der Waals surface area contributed by atoms with Crippen LogP contribution in [0.15, 0.2) is 5.38 Å². The van der Waals surface area contributed by atoms with E-state index in [1.165, 1.54) is 11.5 Å². The van der Waals surface area contributed by atoms with Gasteiger partial charge in [-0.15, -0.1) is 11.3 Å². The number of nitrogens with one attached hydrogen (secondary N) is 1. The van der Waals surface area contributed by atoms with E-state index in [-0.39, 0.29) is 0 Å². The molecular formula is C10H14N4S2. The van der Waals surface area contributed by atoms with E-state index >= 15 is 0 Å². The molecule has 0 aliphatic heterocycles. The van der Waals surface area contributed by atoms with Crippen LogP contribution in [0.4, 0.5) is 10.8 Å². The lowest BCUT2D eigenvalue weighted by Crippen LogP contribution is -2.04. The number of aromatic nitrogens is 2. The lowest BCUT2D eigenvalue weighted by molar-refractivity contribution is 0.970. The molecule has 4 nitrogen and oxygen atoms in total. The monoisotopic (exact) mass is 254 g/mol. The first kappa shape index (κ1) is 11.3. The Morgan fingerprint density at radius 1 is 1.44 bits per heavy atom. The van der Waals surface area contributed by atoms with Gasteiger partial charge in [-0.1, -0.05) is 0 Å². The van der Waals surface area contributed by atoms with E-state index in [4.69, 9.17) is 5.73 Å². The Labute approximate surface area is 103 Å². The maximum absolute atomic E-state index is 5.68. The molecule has 2 aromatic heterocycles. The number of nitrogens with two attached hydrogens (primary N) is 1. The zero-order valence-corrected chi connectivity index (χ0v) is 10.9. The van der Waals surface area contributed by atoms with Gasteiger partial charge in [0.1, 0.15) is 10.8 Å². The van der Waals surface area contributed by atoms with E-state index in [9.17, 15) is 0 Å². The van der Waals surface area contributed by atoms with Gasteiger partial charge >= 0.3 is 0 Å². The molecule has 16 heavy (non-hydrogen) atoms. The summed E-state index contributed by atoms with van der Waals surface area (Å²) < 4.78 is 4.09. The molecule has 0 aliphatic rings. The third-order valence-electron chi connectivity index (χ3n) is 2.29. The normalized spacial score (nSPS) is 10.6. The van der Waals surface area contributed by atoms with E-state index in [2.05, 4.69) is 20.1 Å². The number of rotatable bonds is 4. The van der Waals surface area contributed by atoms with Crippen molar-refractivity contribution in [1.82, 2.24) is 9.36 Å². The molecule has 2 heterocycles. The number of aryl methyl sites for hydroxylation is 1. The molecule has 0 bridgehead atoms. The van der Waals surface area contributed by atoms with Gasteiger partial charge in [0.15, 0.2) is 0 Å². The number of nitrogens with zero attached hydrogens (tertiary/aromatic N) is 2. The van der Waals surface area contributed by atoms with Crippen LogP contribution in [0.5, 0.6) is 0 Å². The standard InChI is InChI=1S/C10H14N4S2/c1-6-9(11)14-16-10(6)12-4-3-8-5-15-7(2)13-8/h5,12H,3-4H2,1-2H3,(H2,11,14). The van der Waals surface area contributed by atoms with Gasteiger partial charge < -0.3 is 11.1 Å². The molecule has 0 amide bonds. The first-order valence-electron chi connectivity index (χ1n) is 5.03. The molecular weight excluding hydrogens is 240 g/mol. The second-order valence-electron chi connectivity index (χ2n) is 3.56. The Morgan fingerprint density at radius 2 is 2.25 bits per heavy atom. The summed E-state index contributed by atoms with van der Waals surface area (Å²) in [5, 5.41) is 7.61. The summed E-state index contributed by atoms with van der Waals surface area (Å²) in [6.45, 7) is 4.87. The van der Waals surface area contributed by atoms with Gasteiger partial charge in [0.05, 0.1) is 10.7 Å². The highest BCUT2D eigenvalue weighted by atomic mass is 32.1. The predicted molar refractivity (Wildman–Crippen MR) is 70.3 cm³/mol. The molecule has 0 spiro atoms. The highest BCUT2D eigenvalue weighted by molar-refractivity contribution is 7.10. The maximum atomic E-state index is 5.68. The van der Waals surface area contributed by atoms with Crippen LogP contribution < -0.4 is 11.1 Å². The van der Waals surface area contributed by atoms with Crippen LogP contribution >= 0.6 is 22.9 Å². The molecule has 6 heteroatoms. The summed E-state index contributed by atoms with van der Waals surface area (Å²) in [5.74, 6) is 0.622. The van der Waals surface area contributed by atoms with Gasteiger partial charge in [0.25, 0.3) is 0 Å². The largest absolute Gasteiger partial charge is 0.383 e. The molecule has 0 saturated heterocycles. The average Bonchev–Trinajstić information content (AvgIpc) is 2.79. The summed E-state index contributed by atoms with van der Waals surface area (Å²) in [4.78, 5) is 4.41. The van der Waals surface area contributed by atoms with Gasteiger partial charge in [0.2, 0.25) is 0 Å². The Hall–Kier alpha value is -1.14. The lowest BCUT2D eigenvalue weighted by atomic mass is 10.3. The van der Waals surface area contributed by atoms with Crippen molar-refractivity contribution in [2.75, 3.05) is 17.6 Å². The Balaban J connectivity index is 1.86. The summed E-state index contributed by atoms with van der Waals surface area (Å²) in [6.07, 6.45) is 0.932. The van der Waals surface area contributed by atoms with Crippen molar-refractivity contribution in [3.63, 3.8) is 0 Å². The number of anilines is 2. The highest BCUT2D eigenvalue weighted by Gasteiger charge is 2.05. The smallest absolute Gasteiger partial charge is 0.142 e. The molecule has 0 unspecified atom stereocenters. The average molecular weight is 254 g/mol. The zero-order valence-electron chi connectivity index (χ0n) is 9.28. The fourth-order valence-electron chi connectivity index (χ4n) is 1.34. The van der Waals surface area contributed by atoms with Gasteiger partial charge in [-0.25, -0.2) is 4.98 Å². The van der Waals surface area contributed by atoms with E-state index < -0.39 is 0 Å². The second-order valence-corrected chi connectivity index (χ2v) is 5.39. The van der Waals surface area contributed by atoms with Crippen LogP contribution in [0, 0.1) is 13.8 Å². The fraction of sp³-hybridized carbons (Fsp3) is 0.400. The molecule has 3 N–H and O–H groups in total. The molecule has 0 aromatic carbocycles. The van der Waals surface area contributed by atoms with Crippen LogP contribution in [-0.4, -0.2) is 15.9 Å². The fourth-order valence-corrected chi connectivity index (χ4v) is 2.72. The third kappa shape index (κ3) is 2.51. The minimum absolute atomic E-state index is 0.622. The van der Waals surface area contributed by atoms with E-state index in [1.807, 2.05) is 13.8 Å². The van der Waals surface area contributed by atoms with E-state index in [0.717, 1.165) is 34.2 Å². The quantitative estimate of drug-likeness (QED) is 0.879. The maximum Gasteiger partial charge on any atom is 0.142 e. The third-order valence-corrected chi connectivity index (χ3v) is 4.04. The van der Waals surface area contributed by atoms with Crippen LogP contribution in [-0.2, 0) is 6.42 Å². The van der Waals surface area contributed by atoms with Crippen molar-refractivity contribution in [2.45, 2.75) is 20.3 Å². The van der Waals surface area contributed by atoms with Crippen molar-refractivity contribution in [3.8, 4) is 0 Å².